The highest BCUT2D eigenvalue weighted by Crippen LogP contribution is 2.28. The van der Waals surface area contributed by atoms with Crippen LogP contribution in [0.15, 0.2) is 47.6 Å². The number of hydrogen-bond donors (Lipinski definition) is 3. The molecule has 1 aliphatic carbocycles. The quantitative estimate of drug-likeness (QED) is 0.463. The first-order valence-electron chi connectivity index (χ1n) is 7.36. The van der Waals surface area contributed by atoms with E-state index in [4.69, 9.17) is 5.73 Å². The number of carbonyl (C=O) groups is 1. The maximum absolute atomic E-state index is 12.0. The number of para-hydroxylation sites is 1. The zero-order valence-corrected chi connectivity index (χ0v) is 12.5. The Hall–Kier alpha value is -3.08. The van der Waals surface area contributed by atoms with Crippen molar-refractivity contribution in [3.63, 3.8) is 0 Å². The standard InChI is InChI=1S/C18H17N3O2/c19-16-8-4-3-7-14(16)18(23)21-20-11-15-13-6-2-1-5-12(13)9-10-17(15)22/h2-4,6-11,22H,1,5,19H2,(H,21,23)/b20-11+. The van der Waals surface area contributed by atoms with Crippen LogP contribution in [0.3, 0.4) is 0 Å². The van der Waals surface area contributed by atoms with Gasteiger partial charge in [0, 0.05) is 11.3 Å². The van der Waals surface area contributed by atoms with Crippen molar-refractivity contribution in [2.75, 3.05) is 5.73 Å². The third-order valence-electron chi connectivity index (χ3n) is 3.78. The van der Waals surface area contributed by atoms with Crippen molar-refractivity contribution in [3.05, 3.63) is 64.7 Å². The molecule has 0 saturated heterocycles. The summed E-state index contributed by atoms with van der Waals surface area (Å²) in [6.07, 6.45) is 7.40. The first-order chi connectivity index (χ1) is 11.2. The predicted octanol–water partition coefficient (Wildman–Crippen LogP) is 2.70. The van der Waals surface area contributed by atoms with Crippen molar-refractivity contribution >= 4 is 23.9 Å². The SMILES string of the molecule is Nc1ccccc1C(=O)N/N=C/c1c(O)ccc2c1C=CCC2. The van der Waals surface area contributed by atoms with Crippen LogP contribution in [0.5, 0.6) is 5.75 Å². The van der Waals surface area contributed by atoms with Gasteiger partial charge in [-0.3, -0.25) is 4.79 Å². The molecule has 0 spiro atoms. The molecule has 0 atom stereocenters. The van der Waals surface area contributed by atoms with E-state index in [1.165, 1.54) is 6.21 Å². The number of nitrogens with zero attached hydrogens (tertiary/aromatic N) is 1. The lowest BCUT2D eigenvalue weighted by molar-refractivity contribution is 0.0956. The summed E-state index contributed by atoms with van der Waals surface area (Å²) in [6.45, 7) is 0. The summed E-state index contributed by atoms with van der Waals surface area (Å²) >= 11 is 0. The zero-order chi connectivity index (χ0) is 16.2. The molecule has 0 fully saturated rings. The average Bonchev–Trinajstić information content (AvgIpc) is 2.57. The van der Waals surface area contributed by atoms with E-state index in [9.17, 15) is 9.90 Å². The van der Waals surface area contributed by atoms with Crippen LogP contribution in [0.1, 0.15) is 33.5 Å². The minimum atomic E-state index is -0.390. The molecule has 1 aliphatic rings. The summed E-state index contributed by atoms with van der Waals surface area (Å²) in [5.41, 5.74) is 11.6. The number of hydrogen-bond acceptors (Lipinski definition) is 4. The van der Waals surface area contributed by atoms with Crippen molar-refractivity contribution in [2.24, 2.45) is 5.10 Å². The van der Waals surface area contributed by atoms with E-state index in [0.717, 1.165) is 24.0 Å². The molecule has 5 heteroatoms. The summed E-state index contributed by atoms with van der Waals surface area (Å²) in [6, 6.07) is 10.3. The number of rotatable bonds is 3. The number of aryl methyl sites for hydroxylation is 1. The second-order valence-electron chi connectivity index (χ2n) is 5.30. The van der Waals surface area contributed by atoms with Gasteiger partial charge < -0.3 is 10.8 Å². The molecule has 0 unspecified atom stereocenters. The van der Waals surface area contributed by atoms with Crippen molar-refractivity contribution in [2.45, 2.75) is 12.8 Å². The number of amides is 1. The molecule has 0 aromatic heterocycles. The van der Waals surface area contributed by atoms with Crippen LogP contribution in [0.2, 0.25) is 0 Å². The Labute approximate surface area is 134 Å². The summed E-state index contributed by atoms with van der Waals surface area (Å²) in [5.74, 6) is -0.258. The molecule has 0 saturated carbocycles. The van der Waals surface area contributed by atoms with Crippen LogP contribution in [0, 0.1) is 0 Å². The number of nitrogen functional groups attached to an aromatic ring is 1. The predicted molar refractivity (Wildman–Crippen MR) is 91.4 cm³/mol. The molecule has 0 aliphatic heterocycles. The molecule has 4 N–H and O–H groups in total. The van der Waals surface area contributed by atoms with Gasteiger partial charge in [0.25, 0.3) is 5.91 Å². The number of benzene rings is 2. The normalized spacial score (nSPS) is 13.0. The van der Waals surface area contributed by atoms with E-state index in [1.807, 2.05) is 12.1 Å². The summed E-state index contributed by atoms with van der Waals surface area (Å²) in [5, 5.41) is 14.0. The molecule has 1 amide bonds. The van der Waals surface area contributed by atoms with E-state index in [-0.39, 0.29) is 11.7 Å². The molecule has 2 aromatic rings. The highest BCUT2D eigenvalue weighted by Gasteiger charge is 2.12. The van der Waals surface area contributed by atoms with Gasteiger partial charge in [-0.2, -0.15) is 5.10 Å². The molecule has 0 heterocycles. The molecule has 0 bridgehead atoms. The Balaban J connectivity index is 1.81. The molecule has 5 nitrogen and oxygen atoms in total. The Kier molecular flexibility index (Phi) is 4.10. The summed E-state index contributed by atoms with van der Waals surface area (Å²) in [7, 11) is 0. The van der Waals surface area contributed by atoms with Crippen LogP contribution in [0.25, 0.3) is 6.08 Å². The smallest absolute Gasteiger partial charge is 0.273 e. The lowest BCUT2D eigenvalue weighted by Crippen LogP contribution is -2.19. The fourth-order valence-electron chi connectivity index (χ4n) is 2.58. The van der Waals surface area contributed by atoms with Crippen molar-refractivity contribution in [1.82, 2.24) is 5.43 Å². The maximum Gasteiger partial charge on any atom is 0.273 e. The van der Waals surface area contributed by atoms with E-state index in [2.05, 4.69) is 16.6 Å². The minimum Gasteiger partial charge on any atom is -0.507 e. The second kappa shape index (κ2) is 6.36. The van der Waals surface area contributed by atoms with Gasteiger partial charge in [-0.05, 0) is 42.2 Å². The number of phenolic OH excluding ortho intramolecular Hbond substituents is 1. The summed E-state index contributed by atoms with van der Waals surface area (Å²) in [4.78, 5) is 12.0. The lowest BCUT2D eigenvalue weighted by atomic mass is 9.93. The number of aromatic hydroxyl groups is 1. The molecule has 0 radical (unpaired) electrons. The van der Waals surface area contributed by atoms with Crippen LogP contribution in [-0.4, -0.2) is 17.2 Å². The van der Waals surface area contributed by atoms with E-state index in [1.54, 1.807) is 30.3 Å². The zero-order valence-electron chi connectivity index (χ0n) is 12.5. The summed E-state index contributed by atoms with van der Waals surface area (Å²) < 4.78 is 0. The van der Waals surface area contributed by atoms with Gasteiger partial charge in [-0.1, -0.05) is 30.4 Å². The van der Waals surface area contributed by atoms with Gasteiger partial charge in [0.05, 0.1) is 11.8 Å². The van der Waals surface area contributed by atoms with Crippen LogP contribution in [-0.2, 0) is 6.42 Å². The molecule has 3 rings (SSSR count). The number of phenols is 1. The van der Waals surface area contributed by atoms with Crippen LogP contribution >= 0.6 is 0 Å². The topological polar surface area (TPSA) is 87.7 Å². The Morgan fingerprint density at radius 1 is 1.26 bits per heavy atom. The average molecular weight is 307 g/mol. The molecule has 23 heavy (non-hydrogen) atoms. The fraction of sp³-hybridized carbons (Fsp3) is 0.111. The number of anilines is 1. The van der Waals surface area contributed by atoms with E-state index in [0.29, 0.717) is 16.8 Å². The largest absolute Gasteiger partial charge is 0.507 e. The van der Waals surface area contributed by atoms with Gasteiger partial charge in [0.2, 0.25) is 0 Å². The van der Waals surface area contributed by atoms with Gasteiger partial charge in [0.1, 0.15) is 5.75 Å². The fourth-order valence-corrected chi connectivity index (χ4v) is 2.58. The molecule has 2 aromatic carbocycles. The number of hydrazone groups is 1. The van der Waals surface area contributed by atoms with Gasteiger partial charge in [0.15, 0.2) is 0 Å². The Morgan fingerprint density at radius 2 is 2.09 bits per heavy atom. The molecule has 116 valence electrons. The van der Waals surface area contributed by atoms with Crippen LogP contribution < -0.4 is 11.2 Å². The van der Waals surface area contributed by atoms with Gasteiger partial charge in [-0.25, -0.2) is 5.43 Å². The molecular weight excluding hydrogens is 290 g/mol. The Morgan fingerprint density at radius 3 is 2.91 bits per heavy atom. The maximum atomic E-state index is 12.0. The van der Waals surface area contributed by atoms with E-state index >= 15 is 0 Å². The Bertz CT molecular complexity index is 810. The second-order valence-corrected chi connectivity index (χ2v) is 5.30. The van der Waals surface area contributed by atoms with Gasteiger partial charge >= 0.3 is 0 Å². The number of fused-ring (bicyclic) bond motifs is 1. The van der Waals surface area contributed by atoms with Crippen molar-refractivity contribution in [3.8, 4) is 5.75 Å². The lowest BCUT2D eigenvalue weighted by Gasteiger charge is -2.13. The van der Waals surface area contributed by atoms with Gasteiger partial charge in [-0.15, -0.1) is 0 Å². The molecular formula is C18H17N3O2. The van der Waals surface area contributed by atoms with Crippen molar-refractivity contribution in [1.29, 1.82) is 0 Å². The highest BCUT2D eigenvalue weighted by atomic mass is 16.3. The number of allylic oxidation sites excluding steroid dienone is 1. The van der Waals surface area contributed by atoms with Crippen LogP contribution in [0.4, 0.5) is 5.69 Å². The monoisotopic (exact) mass is 307 g/mol. The van der Waals surface area contributed by atoms with E-state index < -0.39 is 0 Å². The first kappa shape index (κ1) is 14.8. The number of nitrogens with two attached hydrogens (primary N) is 1. The highest BCUT2D eigenvalue weighted by molar-refractivity contribution is 5.99. The number of nitrogens with one attached hydrogen (secondary N) is 1. The number of carbonyl (C=O) groups excluding carboxylic acids is 1. The third-order valence-corrected chi connectivity index (χ3v) is 3.78. The first-order valence-corrected chi connectivity index (χ1v) is 7.36. The van der Waals surface area contributed by atoms with Crippen molar-refractivity contribution < 1.29 is 9.90 Å². The minimum absolute atomic E-state index is 0.132. The third kappa shape index (κ3) is 3.08.